The molecule has 38 heavy (non-hydrogen) atoms. The molecule has 0 bridgehead atoms. The number of likely N-dealkylation sites (tertiary alicyclic amines) is 1. The van der Waals surface area contributed by atoms with Gasteiger partial charge in [0.15, 0.2) is 5.82 Å². The normalized spacial score (nSPS) is 15.4. The van der Waals surface area contributed by atoms with Gasteiger partial charge in [-0.25, -0.2) is 9.48 Å². The van der Waals surface area contributed by atoms with Gasteiger partial charge in [0.25, 0.3) is 0 Å². The predicted molar refractivity (Wildman–Crippen MR) is 133 cm³/mol. The molecule has 9 nitrogen and oxygen atoms in total. The number of halogens is 4. The summed E-state index contributed by atoms with van der Waals surface area (Å²) in [5, 5.41) is 13.7. The number of hydrogen-bond donors (Lipinski definition) is 3. The number of alkyl halides is 3. The predicted octanol–water partition coefficient (Wildman–Crippen LogP) is 3.99. The third-order valence-electron chi connectivity index (χ3n) is 6.60. The number of nitrogens with two attached hydrogens (primary N) is 1. The fraction of sp³-hybridized carbons (Fsp3) is 0.360. The molecule has 0 radical (unpaired) electrons. The number of hydrogen-bond acceptors (Lipinski definition) is 5. The number of anilines is 1. The average Bonchev–Trinajstić information content (AvgIpc) is 3.27. The van der Waals surface area contributed by atoms with E-state index >= 15 is 0 Å². The van der Waals surface area contributed by atoms with E-state index in [2.05, 4.69) is 10.1 Å². The second kappa shape index (κ2) is 10.9. The molecule has 1 aliphatic heterocycles. The molecular formula is C25H25ClF3N5O4. The van der Waals surface area contributed by atoms with Crippen molar-refractivity contribution in [3.63, 3.8) is 0 Å². The van der Waals surface area contributed by atoms with Gasteiger partial charge in [-0.05, 0) is 37.0 Å². The van der Waals surface area contributed by atoms with Gasteiger partial charge < -0.3 is 15.7 Å². The number of amides is 1. The number of carboxylic acids is 1. The van der Waals surface area contributed by atoms with Crippen LogP contribution in [-0.2, 0) is 22.2 Å². The number of aromatic nitrogens is 3. The van der Waals surface area contributed by atoms with Crippen LogP contribution >= 0.6 is 11.6 Å². The van der Waals surface area contributed by atoms with Crippen molar-refractivity contribution < 1.29 is 27.9 Å². The van der Waals surface area contributed by atoms with Gasteiger partial charge in [0.05, 0.1) is 28.2 Å². The van der Waals surface area contributed by atoms with Crippen molar-refractivity contribution in [3.05, 3.63) is 69.1 Å². The number of carboxylic acid groups (broad SMARTS) is 1. The van der Waals surface area contributed by atoms with Crippen LogP contribution in [0.1, 0.15) is 36.4 Å². The summed E-state index contributed by atoms with van der Waals surface area (Å²) in [6.07, 6.45) is -4.62. The fourth-order valence-electron chi connectivity index (χ4n) is 4.57. The van der Waals surface area contributed by atoms with Crippen LogP contribution in [0.5, 0.6) is 0 Å². The number of aliphatic carboxylic acids is 1. The first-order valence-corrected chi connectivity index (χ1v) is 12.2. The molecule has 0 saturated carbocycles. The minimum atomic E-state index is -4.76. The van der Waals surface area contributed by atoms with Crippen LogP contribution in [0.25, 0.3) is 11.4 Å². The van der Waals surface area contributed by atoms with E-state index in [-0.39, 0.29) is 41.8 Å². The smallest absolute Gasteiger partial charge is 0.418 e. The summed E-state index contributed by atoms with van der Waals surface area (Å²) in [4.78, 5) is 41.4. The van der Waals surface area contributed by atoms with Gasteiger partial charge in [-0.1, -0.05) is 41.9 Å². The van der Waals surface area contributed by atoms with E-state index < -0.39 is 41.6 Å². The maximum atomic E-state index is 13.3. The van der Waals surface area contributed by atoms with Gasteiger partial charge in [-0.15, -0.1) is 5.10 Å². The van der Waals surface area contributed by atoms with Crippen molar-refractivity contribution in [2.45, 2.75) is 37.9 Å². The fourth-order valence-corrected chi connectivity index (χ4v) is 4.81. The topological polar surface area (TPSA) is 134 Å². The van der Waals surface area contributed by atoms with E-state index in [1.807, 2.05) is 30.3 Å². The van der Waals surface area contributed by atoms with Crippen molar-refractivity contribution >= 4 is 29.2 Å². The van der Waals surface area contributed by atoms with Crippen LogP contribution in [0, 0.1) is 5.92 Å². The SMILES string of the molecule is Nc1c(Cl)cc(CC(CC(=O)N2CCC(n3nc(-c4ccccc4)[nH]c3=O)CC2)C(=O)O)cc1C(F)(F)F. The average molecular weight is 552 g/mol. The van der Waals surface area contributed by atoms with E-state index in [0.29, 0.717) is 18.7 Å². The molecule has 202 valence electrons. The highest BCUT2D eigenvalue weighted by Gasteiger charge is 2.35. The van der Waals surface area contributed by atoms with Crippen molar-refractivity contribution in [2.75, 3.05) is 18.8 Å². The number of nitrogens with one attached hydrogen (secondary N) is 1. The van der Waals surface area contributed by atoms with Crippen LogP contribution in [0.3, 0.4) is 0 Å². The second-order valence-corrected chi connectivity index (χ2v) is 9.59. The summed E-state index contributed by atoms with van der Waals surface area (Å²) in [7, 11) is 0. The lowest BCUT2D eigenvalue weighted by atomic mass is 9.93. The lowest BCUT2D eigenvalue weighted by Gasteiger charge is -2.32. The maximum Gasteiger partial charge on any atom is 0.418 e. The number of H-pyrrole nitrogens is 1. The quantitative estimate of drug-likeness (QED) is 0.380. The molecule has 1 atom stereocenters. The molecule has 1 fully saturated rings. The third kappa shape index (κ3) is 6.01. The van der Waals surface area contributed by atoms with E-state index in [1.165, 1.54) is 15.6 Å². The lowest BCUT2D eigenvalue weighted by molar-refractivity contribution is -0.146. The molecule has 2 aromatic carbocycles. The number of nitrogens with zero attached hydrogens (tertiary/aromatic N) is 3. The Morgan fingerprint density at radius 1 is 1.18 bits per heavy atom. The van der Waals surface area contributed by atoms with Crippen molar-refractivity contribution in [1.29, 1.82) is 0 Å². The van der Waals surface area contributed by atoms with Gasteiger partial charge in [0.2, 0.25) is 5.91 Å². The Hall–Kier alpha value is -3.80. The Labute approximate surface area is 220 Å². The van der Waals surface area contributed by atoms with Crippen molar-refractivity contribution in [2.24, 2.45) is 5.92 Å². The number of aromatic amines is 1. The Morgan fingerprint density at radius 2 is 1.84 bits per heavy atom. The van der Waals surface area contributed by atoms with Crippen LogP contribution < -0.4 is 11.4 Å². The summed E-state index contributed by atoms with van der Waals surface area (Å²) < 4.78 is 41.2. The van der Waals surface area contributed by atoms with Crippen LogP contribution in [0.15, 0.2) is 47.3 Å². The molecule has 1 aromatic heterocycles. The Bertz CT molecular complexity index is 1380. The van der Waals surface area contributed by atoms with Gasteiger partial charge in [0.1, 0.15) is 0 Å². The molecule has 4 rings (SSSR count). The molecule has 13 heteroatoms. The highest BCUT2D eigenvalue weighted by Crippen LogP contribution is 2.38. The second-order valence-electron chi connectivity index (χ2n) is 9.18. The van der Waals surface area contributed by atoms with Crippen LogP contribution in [0.2, 0.25) is 5.02 Å². The summed E-state index contributed by atoms with van der Waals surface area (Å²) in [5.74, 6) is -2.57. The van der Waals surface area contributed by atoms with E-state index in [9.17, 15) is 32.7 Å². The van der Waals surface area contributed by atoms with Crippen molar-refractivity contribution in [3.8, 4) is 11.4 Å². The van der Waals surface area contributed by atoms with Gasteiger partial charge >= 0.3 is 17.8 Å². The Morgan fingerprint density at radius 3 is 2.45 bits per heavy atom. The molecule has 4 N–H and O–H groups in total. The first kappa shape index (κ1) is 27.2. The minimum Gasteiger partial charge on any atom is -0.481 e. The molecule has 1 unspecified atom stereocenters. The van der Waals surface area contributed by atoms with Gasteiger partial charge in [0, 0.05) is 25.1 Å². The summed E-state index contributed by atoms with van der Waals surface area (Å²) in [6.45, 7) is 0.559. The molecule has 1 aliphatic rings. The summed E-state index contributed by atoms with van der Waals surface area (Å²) >= 11 is 5.85. The summed E-state index contributed by atoms with van der Waals surface area (Å²) in [6, 6.07) is 10.9. The highest BCUT2D eigenvalue weighted by molar-refractivity contribution is 6.33. The van der Waals surface area contributed by atoms with E-state index in [1.54, 1.807) is 0 Å². The van der Waals surface area contributed by atoms with Gasteiger partial charge in [-0.3, -0.25) is 14.6 Å². The number of carbonyl (C=O) groups excluding carboxylic acids is 1. The summed E-state index contributed by atoms with van der Waals surface area (Å²) in [5.41, 5.74) is 4.07. The number of carbonyl (C=O) groups is 2. The molecule has 2 heterocycles. The molecule has 1 saturated heterocycles. The zero-order valence-electron chi connectivity index (χ0n) is 20.0. The Kier molecular flexibility index (Phi) is 7.81. The molecule has 0 aliphatic carbocycles. The standard InChI is InChI=1S/C25H25ClF3N5O4/c26-19-12-14(11-18(21(19)30)25(27,28)29)10-16(23(36)37)13-20(35)33-8-6-17(7-9-33)34-24(38)31-22(32-34)15-4-2-1-3-5-15/h1-5,11-12,16-17H,6-10,13,30H2,(H,36,37)(H,31,32,38). The zero-order valence-corrected chi connectivity index (χ0v) is 20.8. The van der Waals surface area contributed by atoms with E-state index in [0.717, 1.165) is 11.6 Å². The lowest BCUT2D eigenvalue weighted by Crippen LogP contribution is -2.42. The number of rotatable bonds is 7. The first-order valence-electron chi connectivity index (χ1n) is 11.8. The molecule has 0 spiro atoms. The third-order valence-corrected chi connectivity index (χ3v) is 6.91. The Balaban J connectivity index is 1.40. The maximum absolute atomic E-state index is 13.3. The number of piperidine rings is 1. The zero-order chi connectivity index (χ0) is 27.6. The van der Waals surface area contributed by atoms with E-state index in [4.69, 9.17) is 17.3 Å². The van der Waals surface area contributed by atoms with Crippen LogP contribution in [-0.4, -0.2) is 49.7 Å². The minimum absolute atomic E-state index is 0.0163. The molecule has 3 aromatic rings. The number of nitrogen functional groups attached to an aromatic ring is 1. The molecule has 1 amide bonds. The number of benzene rings is 2. The molecular weight excluding hydrogens is 527 g/mol. The van der Waals surface area contributed by atoms with Crippen LogP contribution in [0.4, 0.5) is 18.9 Å². The first-order chi connectivity index (χ1) is 17.9. The van der Waals surface area contributed by atoms with Gasteiger partial charge in [-0.2, -0.15) is 13.2 Å². The highest BCUT2D eigenvalue weighted by atomic mass is 35.5. The van der Waals surface area contributed by atoms with Crippen molar-refractivity contribution in [1.82, 2.24) is 19.7 Å². The monoisotopic (exact) mass is 551 g/mol. The largest absolute Gasteiger partial charge is 0.481 e.